The fourth-order valence-electron chi connectivity index (χ4n) is 0.419. The maximum atomic E-state index is 10.5. The standard InChI is InChI=1S/C6H10O3/c1-3-5(4-7)6(8)9-2/h4,7H,3H2,1-2H3/b5-4-. The summed E-state index contributed by atoms with van der Waals surface area (Å²) in [5, 5.41) is 8.36. The van der Waals surface area contributed by atoms with Crippen molar-refractivity contribution in [3.8, 4) is 0 Å². The summed E-state index contributed by atoms with van der Waals surface area (Å²) in [5.41, 5.74) is 0.289. The highest BCUT2D eigenvalue weighted by Crippen LogP contribution is 1.99. The van der Waals surface area contributed by atoms with Gasteiger partial charge in [-0.05, 0) is 6.42 Å². The van der Waals surface area contributed by atoms with Gasteiger partial charge in [0.15, 0.2) is 0 Å². The Morgan fingerprint density at radius 1 is 1.78 bits per heavy atom. The smallest absolute Gasteiger partial charge is 0.336 e. The van der Waals surface area contributed by atoms with Crippen molar-refractivity contribution in [2.75, 3.05) is 7.11 Å². The average molecular weight is 130 g/mol. The molecule has 0 atom stereocenters. The minimum atomic E-state index is -0.472. The molecule has 0 aromatic rings. The predicted molar refractivity (Wildman–Crippen MR) is 33.0 cm³/mol. The van der Waals surface area contributed by atoms with Gasteiger partial charge in [0.1, 0.15) is 0 Å². The van der Waals surface area contributed by atoms with Crippen LogP contribution in [0.3, 0.4) is 0 Å². The summed E-state index contributed by atoms with van der Waals surface area (Å²) in [6.07, 6.45) is 1.26. The van der Waals surface area contributed by atoms with Crippen molar-refractivity contribution < 1.29 is 14.6 Å². The van der Waals surface area contributed by atoms with Gasteiger partial charge < -0.3 is 9.84 Å². The molecule has 0 radical (unpaired) electrons. The van der Waals surface area contributed by atoms with E-state index in [9.17, 15) is 4.79 Å². The van der Waals surface area contributed by atoms with Crippen LogP contribution in [0.5, 0.6) is 0 Å². The van der Waals surface area contributed by atoms with Gasteiger partial charge in [-0.2, -0.15) is 0 Å². The predicted octanol–water partition coefficient (Wildman–Crippen LogP) is 1.01. The van der Waals surface area contributed by atoms with Crippen molar-refractivity contribution in [2.45, 2.75) is 13.3 Å². The molecule has 0 unspecified atom stereocenters. The van der Waals surface area contributed by atoms with Crippen molar-refractivity contribution in [1.82, 2.24) is 0 Å². The molecule has 0 saturated carbocycles. The van der Waals surface area contributed by atoms with Gasteiger partial charge in [-0.15, -0.1) is 0 Å². The number of carbonyl (C=O) groups is 1. The third-order valence-corrected chi connectivity index (χ3v) is 0.984. The van der Waals surface area contributed by atoms with Crippen LogP contribution in [0.1, 0.15) is 13.3 Å². The highest BCUT2D eigenvalue weighted by Gasteiger charge is 2.04. The summed E-state index contributed by atoms with van der Waals surface area (Å²) in [5.74, 6) is -0.472. The molecular weight excluding hydrogens is 120 g/mol. The molecule has 9 heavy (non-hydrogen) atoms. The summed E-state index contributed by atoms with van der Waals surface area (Å²) in [4.78, 5) is 10.5. The summed E-state index contributed by atoms with van der Waals surface area (Å²) in [6, 6.07) is 0. The lowest BCUT2D eigenvalue weighted by atomic mass is 10.2. The van der Waals surface area contributed by atoms with Gasteiger partial charge >= 0.3 is 5.97 Å². The van der Waals surface area contributed by atoms with Gasteiger partial charge in [0, 0.05) is 0 Å². The van der Waals surface area contributed by atoms with Crippen molar-refractivity contribution in [3.63, 3.8) is 0 Å². The van der Waals surface area contributed by atoms with E-state index in [2.05, 4.69) is 4.74 Å². The van der Waals surface area contributed by atoms with Crippen molar-refractivity contribution in [3.05, 3.63) is 11.8 Å². The third kappa shape index (κ3) is 2.17. The maximum Gasteiger partial charge on any atom is 0.336 e. The lowest BCUT2D eigenvalue weighted by Gasteiger charge is -1.97. The van der Waals surface area contributed by atoms with Gasteiger partial charge in [-0.3, -0.25) is 0 Å². The SMILES string of the molecule is CC/C(=C/O)C(=O)OC. The molecule has 0 aromatic carbocycles. The quantitative estimate of drug-likeness (QED) is 0.344. The van der Waals surface area contributed by atoms with Crippen molar-refractivity contribution >= 4 is 5.97 Å². The van der Waals surface area contributed by atoms with E-state index in [4.69, 9.17) is 5.11 Å². The second kappa shape index (κ2) is 3.95. The Labute approximate surface area is 53.9 Å². The van der Waals surface area contributed by atoms with Crippen molar-refractivity contribution in [1.29, 1.82) is 0 Å². The molecule has 3 nitrogen and oxygen atoms in total. The summed E-state index contributed by atoms with van der Waals surface area (Å²) in [7, 11) is 1.28. The van der Waals surface area contributed by atoms with Crippen LogP contribution in [-0.4, -0.2) is 18.2 Å². The fraction of sp³-hybridized carbons (Fsp3) is 0.500. The molecule has 0 heterocycles. The number of hydrogen-bond donors (Lipinski definition) is 1. The number of ether oxygens (including phenoxy) is 1. The van der Waals surface area contributed by atoms with E-state index in [1.165, 1.54) is 7.11 Å². The summed E-state index contributed by atoms with van der Waals surface area (Å²) < 4.78 is 4.33. The first-order valence-electron chi connectivity index (χ1n) is 2.67. The summed E-state index contributed by atoms with van der Waals surface area (Å²) >= 11 is 0. The molecule has 52 valence electrons. The zero-order chi connectivity index (χ0) is 7.28. The molecule has 3 heteroatoms. The zero-order valence-electron chi connectivity index (χ0n) is 5.55. The number of hydrogen-bond acceptors (Lipinski definition) is 3. The first-order valence-corrected chi connectivity index (χ1v) is 2.67. The molecule has 0 aromatic heterocycles. The molecule has 0 fully saturated rings. The number of aliphatic hydroxyl groups excluding tert-OH is 1. The van der Waals surface area contributed by atoms with Crippen LogP contribution in [0, 0.1) is 0 Å². The van der Waals surface area contributed by atoms with Crippen LogP contribution in [0.4, 0.5) is 0 Å². The molecule has 1 N–H and O–H groups in total. The lowest BCUT2D eigenvalue weighted by Crippen LogP contribution is -2.03. The van der Waals surface area contributed by atoms with E-state index in [0.717, 1.165) is 6.26 Å². The van der Waals surface area contributed by atoms with E-state index < -0.39 is 5.97 Å². The second-order valence-corrected chi connectivity index (χ2v) is 1.50. The van der Waals surface area contributed by atoms with E-state index >= 15 is 0 Å². The first-order chi connectivity index (χ1) is 4.26. The molecule has 0 saturated heterocycles. The maximum absolute atomic E-state index is 10.5. The molecular formula is C6H10O3. The molecule has 0 spiro atoms. The van der Waals surface area contributed by atoms with Gasteiger partial charge in [0.05, 0.1) is 18.9 Å². The lowest BCUT2D eigenvalue weighted by molar-refractivity contribution is -0.136. The van der Waals surface area contributed by atoms with Crippen LogP contribution in [0.15, 0.2) is 11.8 Å². The third-order valence-electron chi connectivity index (χ3n) is 0.984. The Bertz CT molecular complexity index is 126. The highest BCUT2D eigenvalue weighted by molar-refractivity contribution is 5.87. The Morgan fingerprint density at radius 3 is 2.44 bits per heavy atom. The second-order valence-electron chi connectivity index (χ2n) is 1.50. The van der Waals surface area contributed by atoms with E-state index in [0.29, 0.717) is 6.42 Å². The number of aliphatic hydroxyl groups is 1. The largest absolute Gasteiger partial charge is 0.515 e. The minimum absolute atomic E-state index is 0.289. The Balaban J connectivity index is 3.97. The van der Waals surface area contributed by atoms with Crippen LogP contribution in [0.2, 0.25) is 0 Å². The monoisotopic (exact) mass is 130 g/mol. The summed E-state index contributed by atoms with van der Waals surface area (Å²) in [6.45, 7) is 1.76. The topological polar surface area (TPSA) is 46.5 Å². The molecule has 0 aliphatic rings. The van der Waals surface area contributed by atoms with Crippen molar-refractivity contribution in [2.24, 2.45) is 0 Å². The van der Waals surface area contributed by atoms with Crippen LogP contribution < -0.4 is 0 Å². The normalized spacial score (nSPS) is 11.1. The molecule has 0 aliphatic carbocycles. The van der Waals surface area contributed by atoms with Gasteiger partial charge in [-0.1, -0.05) is 6.92 Å². The number of methoxy groups -OCH3 is 1. The van der Waals surface area contributed by atoms with Gasteiger partial charge in [0.2, 0.25) is 0 Å². The van der Waals surface area contributed by atoms with E-state index in [-0.39, 0.29) is 5.57 Å². The highest BCUT2D eigenvalue weighted by atomic mass is 16.5. The first kappa shape index (κ1) is 8.01. The minimum Gasteiger partial charge on any atom is -0.515 e. The van der Waals surface area contributed by atoms with Crippen LogP contribution >= 0.6 is 0 Å². The Hall–Kier alpha value is -0.990. The molecule has 0 amide bonds. The molecule has 0 bridgehead atoms. The molecule has 0 aliphatic heterocycles. The number of esters is 1. The zero-order valence-corrected chi connectivity index (χ0v) is 5.55. The average Bonchev–Trinajstić information content (AvgIpc) is 1.90. The molecule has 0 rings (SSSR count). The number of rotatable bonds is 2. The van der Waals surface area contributed by atoms with Gasteiger partial charge in [0.25, 0.3) is 0 Å². The van der Waals surface area contributed by atoms with Crippen LogP contribution in [-0.2, 0) is 9.53 Å². The Morgan fingerprint density at radius 2 is 2.33 bits per heavy atom. The van der Waals surface area contributed by atoms with Gasteiger partial charge in [-0.25, -0.2) is 4.79 Å². The van der Waals surface area contributed by atoms with Crippen LogP contribution in [0.25, 0.3) is 0 Å². The van der Waals surface area contributed by atoms with E-state index in [1.807, 2.05) is 0 Å². The fourth-order valence-corrected chi connectivity index (χ4v) is 0.419. The Kier molecular flexibility index (Phi) is 3.51. The number of carbonyl (C=O) groups excluding carboxylic acids is 1. The van der Waals surface area contributed by atoms with E-state index in [1.54, 1.807) is 6.92 Å².